The van der Waals surface area contributed by atoms with Crippen molar-refractivity contribution in [1.29, 1.82) is 0 Å². The molecule has 0 amide bonds. The number of benzene rings is 1. The minimum absolute atomic E-state index is 0.00175. The van der Waals surface area contributed by atoms with E-state index in [1.54, 1.807) is 0 Å². The van der Waals surface area contributed by atoms with Gasteiger partial charge in [0.05, 0.1) is 11.3 Å². The Hall–Kier alpha value is -2.41. The molecule has 1 fully saturated rings. The van der Waals surface area contributed by atoms with E-state index in [1.165, 1.54) is 12.1 Å². The number of aromatic nitrogens is 2. The van der Waals surface area contributed by atoms with Crippen molar-refractivity contribution in [3.63, 3.8) is 0 Å². The van der Waals surface area contributed by atoms with Crippen molar-refractivity contribution in [3.8, 4) is 11.4 Å². The molecule has 1 aromatic heterocycles. The molecule has 2 aromatic rings. The number of nitrogens with zero attached hydrogens (tertiary/aromatic N) is 3. The molecule has 1 aliphatic heterocycles. The summed E-state index contributed by atoms with van der Waals surface area (Å²) in [5.41, 5.74) is 13.7. The van der Waals surface area contributed by atoms with Gasteiger partial charge in [-0.15, -0.1) is 0 Å². The molecule has 0 spiro atoms. The lowest BCUT2D eigenvalue weighted by molar-refractivity contribution is 0.616. The van der Waals surface area contributed by atoms with Gasteiger partial charge >= 0.3 is 0 Å². The van der Waals surface area contributed by atoms with Crippen LogP contribution in [0.3, 0.4) is 0 Å². The fraction of sp³-hybridized carbons (Fsp3) is 0.474. The second-order valence-electron chi connectivity index (χ2n) is 6.79. The Morgan fingerprint density at radius 2 is 2.12 bits per heavy atom. The van der Waals surface area contributed by atoms with Gasteiger partial charge in [0.1, 0.15) is 11.6 Å². The summed E-state index contributed by atoms with van der Waals surface area (Å²) in [6, 6.07) is 5.25. The number of nitrogens with two attached hydrogens (primary N) is 2. The summed E-state index contributed by atoms with van der Waals surface area (Å²) in [5.74, 6) is 0.743. The summed E-state index contributed by atoms with van der Waals surface area (Å²) in [5, 5.41) is 3.31. The molecule has 0 saturated carbocycles. The fourth-order valence-corrected chi connectivity index (χ4v) is 3.31. The molecule has 26 heavy (non-hydrogen) atoms. The van der Waals surface area contributed by atoms with Crippen LogP contribution in [0, 0.1) is 5.82 Å². The highest BCUT2D eigenvalue weighted by atomic mass is 19.1. The van der Waals surface area contributed by atoms with Gasteiger partial charge in [-0.3, -0.25) is 0 Å². The predicted molar refractivity (Wildman–Crippen MR) is 105 cm³/mol. The fourth-order valence-electron chi connectivity index (χ4n) is 3.31. The third kappa shape index (κ3) is 3.72. The standard InChI is InChI=1S/C19H27FN6/c1-3-4-5-12-10-16(26-9-8-13(11-26)23-2)25-19(24-12)17-15(21)7-6-14(20)18(17)22/h6-7,10,13,23H,3-5,8-9,11,21-22H2,1-2H3. The molecular weight excluding hydrogens is 331 g/mol. The van der Waals surface area contributed by atoms with E-state index in [4.69, 9.17) is 11.5 Å². The Morgan fingerprint density at radius 1 is 1.31 bits per heavy atom. The molecule has 1 saturated heterocycles. The Labute approximate surface area is 153 Å². The van der Waals surface area contributed by atoms with Crippen LogP contribution in [0.1, 0.15) is 31.9 Å². The normalized spacial score (nSPS) is 17.0. The third-order valence-electron chi connectivity index (χ3n) is 4.92. The number of nitrogen functional groups attached to an aromatic ring is 2. The second-order valence-corrected chi connectivity index (χ2v) is 6.79. The first-order chi connectivity index (χ1) is 12.5. The molecule has 140 valence electrons. The zero-order chi connectivity index (χ0) is 18.7. The molecule has 7 heteroatoms. The van der Waals surface area contributed by atoms with Gasteiger partial charge in [-0.05, 0) is 38.4 Å². The number of rotatable bonds is 6. The van der Waals surface area contributed by atoms with E-state index in [1.807, 2.05) is 13.1 Å². The molecule has 1 aliphatic rings. The Morgan fingerprint density at radius 3 is 2.81 bits per heavy atom. The van der Waals surface area contributed by atoms with E-state index in [9.17, 15) is 4.39 Å². The first kappa shape index (κ1) is 18.4. The number of aryl methyl sites for hydroxylation is 1. The lowest BCUT2D eigenvalue weighted by atomic mass is 10.1. The van der Waals surface area contributed by atoms with Crippen LogP contribution in [0.5, 0.6) is 0 Å². The molecular formula is C19H27FN6. The van der Waals surface area contributed by atoms with Gasteiger partial charge in [-0.25, -0.2) is 14.4 Å². The zero-order valence-electron chi connectivity index (χ0n) is 15.4. The van der Waals surface area contributed by atoms with Crippen LogP contribution in [0.25, 0.3) is 11.4 Å². The average Bonchev–Trinajstić information content (AvgIpc) is 3.12. The largest absolute Gasteiger partial charge is 0.398 e. The molecule has 1 aromatic carbocycles. The summed E-state index contributed by atoms with van der Waals surface area (Å²) in [6.07, 6.45) is 4.01. The molecule has 1 atom stereocenters. The van der Waals surface area contributed by atoms with Crippen molar-refractivity contribution in [2.75, 3.05) is 36.5 Å². The first-order valence-electron chi connectivity index (χ1n) is 9.17. The Balaban J connectivity index is 2.05. The van der Waals surface area contributed by atoms with Gasteiger partial charge in [0.2, 0.25) is 0 Å². The molecule has 2 heterocycles. The third-order valence-corrected chi connectivity index (χ3v) is 4.92. The molecule has 3 rings (SSSR count). The van der Waals surface area contributed by atoms with Crippen LogP contribution in [0.15, 0.2) is 18.2 Å². The number of hydrogen-bond donors (Lipinski definition) is 3. The number of nitrogens with one attached hydrogen (secondary N) is 1. The van der Waals surface area contributed by atoms with E-state index in [0.717, 1.165) is 50.3 Å². The monoisotopic (exact) mass is 358 g/mol. The molecule has 5 N–H and O–H groups in total. The number of hydrogen-bond acceptors (Lipinski definition) is 6. The van der Waals surface area contributed by atoms with Gasteiger partial charge in [-0.2, -0.15) is 0 Å². The SMILES string of the molecule is CCCCc1cc(N2CCC(NC)C2)nc(-c2c(N)ccc(F)c2N)n1. The van der Waals surface area contributed by atoms with Crippen LogP contribution in [-0.4, -0.2) is 36.1 Å². The van der Waals surface area contributed by atoms with Gasteiger partial charge in [-0.1, -0.05) is 13.3 Å². The maximum absolute atomic E-state index is 14.0. The van der Waals surface area contributed by atoms with Crippen molar-refractivity contribution in [1.82, 2.24) is 15.3 Å². The highest BCUT2D eigenvalue weighted by Crippen LogP contribution is 2.33. The van der Waals surface area contributed by atoms with Crippen molar-refractivity contribution in [2.24, 2.45) is 0 Å². The molecule has 0 radical (unpaired) electrons. The first-order valence-corrected chi connectivity index (χ1v) is 9.17. The van der Waals surface area contributed by atoms with E-state index in [2.05, 4.69) is 27.1 Å². The van der Waals surface area contributed by atoms with Gasteiger partial charge < -0.3 is 21.7 Å². The van der Waals surface area contributed by atoms with E-state index in [0.29, 0.717) is 23.1 Å². The number of likely N-dealkylation sites (N-methyl/N-ethyl adjacent to an activating group) is 1. The van der Waals surface area contributed by atoms with Gasteiger partial charge in [0.25, 0.3) is 0 Å². The Bertz CT molecular complexity index is 779. The topological polar surface area (TPSA) is 93.1 Å². The van der Waals surface area contributed by atoms with Crippen LogP contribution in [0.4, 0.5) is 21.6 Å². The highest BCUT2D eigenvalue weighted by molar-refractivity contribution is 5.83. The van der Waals surface area contributed by atoms with Crippen LogP contribution in [-0.2, 0) is 6.42 Å². The van der Waals surface area contributed by atoms with Crippen LogP contribution >= 0.6 is 0 Å². The van der Waals surface area contributed by atoms with Gasteiger partial charge in [0.15, 0.2) is 5.82 Å². The van der Waals surface area contributed by atoms with Crippen LogP contribution < -0.4 is 21.7 Å². The van der Waals surface area contributed by atoms with Crippen molar-refractivity contribution in [2.45, 2.75) is 38.6 Å². The molecule has 0 aliphatic carbocycles. The molecule has 0 bridgehead atoms. The number of halogens is 1. The quantitative estimate of drug-likeness (QED) is 0.687. The molecule has 6 nitrogen and oxygen atoms in total. The average molecular weight is 358 g/mol. The predicted octanol–water partition coefficient (Wildman–Crippen LogP) is 2.59. The smallest absolute Gasteiger partial charge is 0.166 e. The van der Waals surface area contributed by atoms with Crippen molar-refractivity contribution < 1.29 is 4.39 Å². The Kier molecular flexibility index (Phi) is 5.56. The zero-order valence-corrected chi connectivity index (χ0v) is 15.4. The summed E-state index contributed by atoms with van der Waals surface area (Å²) in [7, 11) is 1.97. The van der Waals surface area contributed by atoms with E-state index in [-0.39, 0.29) is 5.69 Å². The minimum atomic E-state index is -0.505. The summed E-state index contributed by atoms with van der Waals surface area (Å²) in [4.78, 5) is 11.5. The lowest BCUT2D eigenvalue weighted by Crippen LogP contribution is -2.30. The van der Waals surface area contributed by atoms with E-state index >= 15 is 0 Å². The summed E-state index contributed by atoms with van der Waals surface area (Å²) in [6.45, 7) is 3.95. The number of unbranched alkanes of at least 4 members (excludes halogenated alkanes) is 1. The van der Waals surface area contributed by atoms with Crippen LogP contribution in [0.2, 0.25) is 0 Å². The maximum atomic E-state index is 14.0. The van der Waals surface area contributed by atoms with Crippen molar-refractivity contribution in [3.05, 3.63) is 29.7 Å². The summed E-state index contributed by atoms with van der Waals surface area (Å²) < 4.78 is 14.0. The second kappa shape index (κ2) is 7.86. The van der Waals surface area contributed by atoms with E-state index < -0.39 is 5.82 Å². The lowest BCUT2D eigenvalue weighted by Gasteiger charge is -2.20. The highest BCUT2D eigenvalue weighted by Gasteiger charge is 2.24. The molecule has 1 unspecified atom stereocenters. The summed E-state index contributed by atoms with van der Waals surface area (Å²) >= 11 is 0. The minimum Gasteiger partial charge on any atom is -0.398 e. The maximum Gasteiger partial charge on any atom is 0.166 e. The van der Waals surface area contributed by atoms with Gasteiger partial charge in [0, 0.05) is 36.6 Å². The number of anilines is 3. The van der Waals surface area contributed by atoms with Crippen molar-refractivity contribution >= 4 is 17.2 Å².